The third kappa shape index (κ3) is 6.20. The lowest BCUT2D eigenvalue weighted by molar-refractivity contribution is -0.125. The molecule has 1 heterocycles. The second-order valence-corrected chi connectivity index (χ2v) is 9.56. The number of benzene rings is 4. The summed E-state index contributed by atoms with van der Waals surface area (Å²) in [6.07, 6.45) is 0.753. The summed E-state index contributed by atoms with van der Waals surface area (Å²) >= 11 is 0. The standard InChI is InChI=1S/C34H31N3O6/c1-4-36-31(38)30(43-34(36)35-29-22-24(32(39)41-2)17-20-28(29)33(40)42-3)21-23-15-18-27(19-16-23)37(25-11-7-5-8-12-25)26-13-9-6-10-14-26/h5-22,34-35H,4H2,1-3H3/b30-21+. The molecule has 0 bridgehead atoms. The van der Waals surface area contributed by atoms with E-state index in [1.807, 2.05) is 91.9 Å². The van der Waals surface area contributed by atoms with E-state index in [4.69, 9.17) is 14.2 Å². The Balaban J connectivity index is 1.41. The Kier molecular flexibility index (Phi) is 8.71. The zero-order chi connectivity index (χ0) is 30.3. The number of hydrogen-bond donors (Lipinski definition) is 1. The van der Waals surface area contributed by atoms with Crippen LogP contribution in [-0.4, -0.2) is 49.9 Å². The van der Waals surface area contributed by atoms with E-state index in [1.54, 1.807) is 6.08 Å². The van der Waals surface area contributed by atoms with Crippen molar-refractivity contribution < 1.29 is 28.6 Å². The maximum absolute atomic E-state index is 13.3. The molecule has 0 saturated carbocycles. The van der Waals surface area contributed by atoms with Crippen LogP contribution in [0, 0.1) is 0 Å². The molecule has 0 aliphatic carbocycles. The van der Waals surface area contributed by atoms with Gasteiger partial charge in [0.2, 0.25) is 0 Å². The fourth-order valence-electron chi connectivity index (χ4n) is 4.80. The lowest BCUT2D eigenvalue weighted by Crippen LogP contribution is -2.39. The summed E-state index contributed by atoms with van der Waals surface area (Å²) in [6, 6.07) is 32.3. The molecule has 9 heteroatoms. The van der Waals surface area contributed by atoms with Crippen molar-refractivity contribution in [3.63, 3.8) is 0 Å². The highest BCUT2D eigenvalue weighted by atomic mass is 16.5. The fourth-order valence-corrected chi connectivity index (χ4v) is 4.80. The van der Waals surface area contributed by atoms with E-state index in [1.165, 1.54) is 37.3 Å². The van der Waals surface area contributed by atoms with Gasteiger partial charge in [0.05, 0.1) is 31.0 Å². The van der Waals surface area contributed by atoms with Gasteiger partial charge in [-0.15, -0.1) is 0 Å². The van der Waals surface area contributed by atoms with Crippen LogP contribution in [0.4, 0.5) is 22.7 Å². The summed E-state index contributed by atoms with van der Waals surface area (Å²) < 4.78 is 15.8. The maximum atomic E-state index is 13.3. The van der Waals surface area contributed by atoms with E-state index in [-0.39, 0.29) is 28.5 Å². The molecule has 4 aromatic carbocycles. The molecule has 1 saturated heterocycles. The Morgan fingerprint density at radius 1 is 0.837 bits per heavy atom. The number of nitrogens with one attached hydrogen (secondary N) is 1. The van der Waals surface area contributed by atoms with E-state index < -0.39 is 18.3 Å². The number of amides is 1. The van der Waals surface area contributed by atoms with Crippen LogP contribution in [0.2, 0.25) is 0 Å². The average molecular weight is 578 g/mol. The second kappa shape index (κ2) is 12.9. The van der Waals surface area contributed by atoms with Crippen molar-refractivity contribution in [3.05, 3.63) is 126 Å². The molecule has 1 N–H and O–H groups in total. The molecule has 1 atom stereocenters. The molecule has 1 fully saturated rings. The Morgan fingerprint density at radius 2 is 1.42 bits per heavy atom. The largest absolute Gasteiger partial charge is 0.465 e. The molecular formula is C34H31N3O6. The molecule has 1 amide bonds. The number of carbonyl (C=O) groups is 3. The normalized spacial score (nSPS) is 15.1. The molecule has 4 aromatic rings. The van der Waals surface area contributed by atoms with Crippen LogP contribution < -0.4 is 10.2 Å². The minimum absolute atomic E-state index is 0.138. The highest BCUT2D eigenvalue weighted by molar-refractivity contribution is 6.00. The summed E-state index contributed by atoms with van der Waals surface area (Å²) in [6.45, 7) is 2.15. The molecule has 0 aromatic heterocycles. The van der Waals surface area contributed by atoms with Crippen molar-refractivity contribution in [1.29, 1.82) is 0 Å². The summed E-state index contributed by atoms with van der Waals surface area (Å²) in [5.41, 5.74) is 4.42. The summed E-state index contributed by atoms with van der Waals surface area (Å²) in [4.78, 5) is 41.5. The van der Waals surface area contributed by atoms with Gasteiger partial charge in [0.25, 0.3) is 12.3 Å². The molecule has 1 aliphatic heterocycles. The van der Waals surface area contributed by atoms with Gasteiger partial charge in [-0.05, 0) is 73.2 Å². The minimum atomic E-state index is -0.925. The number of rotatable bonds is 9. The number of esters is 2. The molecule has 43 heavy (non-hydrogen) atoms. The molecule has 0 spiro atoms. The third-order valence-electron chi connectivity index (χ3n) is 6.94. The maximum Gasteiger partial charge on any atom is 0.339 e. The van der Waals surface area contributed by atoms with Crippen molar-refractivity contribution in [3.8, 4) is 0 Å². The summed E-state index contributed by atoms with van der Waals surface area (Å²) in [7, 11) is 2.53. The SMILES string of the molecule is CCN1C(=O)/C(=C\c2ccc(N(c3ccccc3)c3ccccc3)cc2)OC1Nc1cc(C(=O)OC)ccc1C(=O)OC. The molecular weight excluding hydrogens is 546 g/mol. The zero-order valence-corrected chi connectivity index (χ0v) is 24.0. The van der Waals surface area contributed by atoms with Crippen LogP contribution in [0.25, 0.3) is 6.08 Å². The van der Waals surface area contributed by atoms with Crippen LogP contribution in [0.1, 0.15) is 33.2 Å². The molecule has 0 radical (unpaired) electrons. The van der Waals surface area contributed by atoms with E-state index >= 15 is 0 Å². The second-order valence-electron chi connectivity index (χ2n) is 9.56. The first kappa shape index (κ1) is 28.9. The number of carbonyl (C=O) groups excluding carboxylic acids is 3. The molecule has 5 rings (SSSR count). The number of hydrogen-bond acceptors (Lipinski definition) is 8. The van der Waals surface area contributed by atoms with Crippen LogP contribution in [-0.2, 0) is 19.0 Å². The van der Waals surface area contributed by atoms with Gasteiger partial charge < -0.3 is 24.4 Å². The minimum Gasteiger partial charge on any atom is -0.465 e. The Morgan fingerprint density at radius 3 is 1.98 bits per heavy atom. The van der Waals surface area contributed by atoms with Crippen LogP contribution in [0.15, 0.2) is 109 Å². The van der Waals surface area contributed by atoms with Gasteiger partial charge in [0.15, 0.2) is 5.76 Å². The van der Waals surface area contributed by atoms with Crippen molar-refractivity contribution in [1.82, 2.24) is 4.90 Å². The fraction of sp³-hybridized carbons (Fsp3) is 0.147. The van der Waals surface area contributed by atoms with Gasteiger partial charge in [-0.25, -0.2) is 9.59 Å². The first-order valence-electron chi connectivity index (χ1n) is 13.7. The van der Waals surface area contributed by atoms with Gasteiger partial charge in [0, 0.05) is 23.6 Å². The lowest BCUT2D eigenvalue weighted by atomic mass is 10.1. The first-order chi connectivity index (χ1) is 20.9. The van der Waals surface area contributed by atoms with Crippen molar-refractivity contribution in [2.45, 2.75) is 13.3 Å². The van der Waals surface area contributed by atoms with E-state index in [9.17, 15) is 14.4 Å². The molecule has 1 unspecified atom stereocenters. The number of ether oxygens (including phenoxy) is 3. The number of anilines is 4. The third-order valence-corrected chi connectivity index (χ3v) is 6.94. The predicted molar refractivity (Wildman–Crippen MR) is 164 cm³/mol. The molecule has 218 valence electrons. The number of para-hydroxylation sites is 2. The Hall–Kier alpha value is -5.57. The van der Waals surface area contributed by atoms with E-state index in [0.717, 1.165) is 22.6 Å². The van der Waals surface area contributed by atoms with Gasteiger partial charge in [-0.1, -0.05) is 48.5 Å². The lowest BCUT2D eigenvalue weighted by Gasteiger charge is -2.25. The van der Waals surface area contributed by atoms with E-state index in [0.29, 0.717) is 6.54 Å². The van der Waals surface area contributed by atoms with Crippen LogP contribution in [0.3, 0.4) is 0 Å². The smallest absolute Gasteiger partial charge is 0.339 e. The topological polar surface area (TPSA) is 97.4 Å². The predicted octanol–water partition coefficient (Wildman–Crippen LogP) is 6.34. The monoisotopic (exact) mass is 577 g/mol. The van der Waals surface area contributed by atoms with Crippen LogP contribution in [0.5, 0.6) is 0 Å². The average Bonchev–Trinajstić information content (AvgIpc) is 3.34. The highest BCUT2D eigenvalue weighted by Gasteiger charge is 2.37. The zero-order valence-electron chi connectivity index (χ0n) is 24.0. The van der Waals surface area contributed by atoms with Crippen LogP contribution >= 0.6 is 0 Å². The van der Waals surface area contributed by atoms with Gasteiger partial charge in [0.1, 0.15) is 0 Å². The highest BCUT2D eigenvalue weighted by Crippen LogP contribution is 2.34. The van der Waals surface area contributed by atoms with Gasteiger partial charge >= 0.3 is 11.9 Å². The summed E-state index contributed by atoms with van der Waals surface area (Å²) in [5.74, 6) is -1.36. The van der Waals surface area contributed by atoms with Gasteiger partial charge in [-0.3, -0.25) is 9.69 Å². The number of methoxy groups -OCH3 is 2. The van der Waals surface area contributed by atoms with Gasteiger partial charge in [-0.2, -0.15) is 0 Å². The molecule has 1 aliphatic rings. The number of nitrogens with zero attached hydrogens (tertiary/aromatic N) is 2. The van der Waals surface area contributed by atoms with Crippen molar-refractivity contribution >= 4 is 46.7 Å². The number of likely N-dealkylation sites (N-methyl/N-ethyl adjacent to an activating group) is 1. The Labute approximate surface area is 249 Å². The summed E-state index contributed by atoms with van der Waals surface area (Å²) in [5, 5.41) is 3.08. The Bertz CT molecular complexity index is 1600. The molecule has 9 nitrogen and oxygen atoms in total. The van der Waals surface area contributed by atoms with Crippen molar-refractivity contribution in [2.24, 2.45) is 0 Å². The first-order valence-corrected chi connectivity index (χ1v) is 13.7. The van der Waals surface area contributed by atoms with E-state index in [2.05, 4.69) is 10.2 Å². The quantitative estimate of drug-likeness (QED) is 0.182. The van der Waals surface area contributed by atoms with Crippen molar-refractivity contribution in [2.75, 3.05) is 31.0 Å².